The zero-order valence-corrected chi connectivity index (χ0v) is 20.8. The first kappa shape index (κ1) is 26.6. The van der Waals surface area contributed by atoms with Gasteiger partial charge in [-0.25, -0.2) is 4.79 Å². The number of fused-ring (bicyclic) bond motifs is 1. The number of carbonyl (C=O) groups excluding carboxylic acids is 1. The minimum atomic E-state index is -1.85. The Morgan fingerprint density at radius 2 is 1.74 bits per heavy atom. The summed E-state index contributed by atoms with van der Waals surface area (Å²) in [7, 11) is 0. The van der Waals surface area contributed by atoms with E-state index in [1.54, 1.807) is 0 Å². The van der Waals surface area contributed by atoms with Crippen LogP contribution in [-0.4, -0.2) is 86.0 Å². The summed E-state index contributed by atoms with van der Waals surface area (Å²) < 4.78 is 10.7. The second kappa shape index (κ2) is 11.0. The van der Waals surface area contributed by atoms with Crippen molar-refractivity contribution in [2.45, 2.75) is 62.9 Å². The molecule has 0 amide bonds. The van der Waals surface area contributed by atoms with E-state index in [2.05, 4.69) is 17.0 Å². The Morgan fingerprint density at radius 3 is 2.42 bits per heavy atom. The molecule has 0 aromatic heterocycles. The third kappa shape index (κ3) is 5.41. The number of nitrogens with zero attached hydrogens (tertiary/aromatic N) is 1. The molecule has 2 fully saturated rings. The van der Waals surface area contributed by atoms with Gasteiger partial charge in [-0.15, -0.1) is 0 Å². The first-order valence-corrected chi connectivity index (χ1v) is 13.0. The fourth-order valence-corrected chi connectivity index (χ4v) is 5.77. The SMILES string of the molecule is O=C1c2cc(O)c(O[C@@H]3O[C@H](C(=O)O)[C@@H](O)[C@H](O)[C@H]3O)cc2CC1CC1CCN(Cc2ccccc2)CC1. The number of phenolic OH excluding ortho intramolecular Hbond substituents is 1. The predicted molar refractivity (Wildman–Crippen MR) is 134 cm³/mol. The molecule has 204 valence electrons. The molecule has 6 atom stereocenters. The molecule has 0 bridgehead atoms. The van der Waals surface area contributed by atoms with E-state index in [0.717, 1.165) is 38.9 Å². The van der Waals surface area contributed by atoms with Crippen LogP contribution < -0.4 is 4.74 Å². The number of aliphatic carboxylic acids is 1. The number of aliphatic hydroxyl groups is 3. The smallest absolute Gasteiger partial charge is 0.335 e. The second-order valence-electron chi connectivity index (χ2n) is 10.5. The monoisotopic (exact) mass is 527 g/mol. The molecule has 3 aliphatic rings. The average molecular weight is 528 g/mol. The van der Waals surface area contributed by atoms with Crippen LogP contribution in [0.1, 0.15) is 40.7 Å². The van der Waals surface area contributed by atoms with E-state index < -0.39 is 36.7 Å². The Morgan fingerprint density at radius 1 is 1.03 bits per heavy atom. The van der Waals surface area contributed by atoms with Crippen LogP contribution >= 0.6 is 0 Å². The lowest BCUT2D eigenvalue weighted by atomic mass is 9.85. The summed E-state index contributed by atoms with van der Waals surface area (Å²) in [6, 6.07) is 13.2. The molecular formula is C28H33NO9. The molecule has 10 heteroatoms. The number of rotatable bonds is 7. The Hall–Kier alpha value is -3.02. The molecule has 5 rings (SSSR count). The van der Waals surface area contributed by atoms with E-state index in [9.17, 15) is 35.1 Å². The van der Waals surface area contributed by atoms with Gasteiger partial charge in [-0.1, -0.05) is 30.3 Å². The number of Topliss-reactive ketones (excluding diaryl/α,β-unsaturated/α-hetero) is 1. The number of aromatic hydroxyl groups is 1. The first-order valence-electron chi connectivity index (χ1n) is 13.0. The molecule has 0 radical (unpaired) electrons. The van der Waals surface area contributed by atoms with Crippen LogP contribution in [0, 0.1) is 11.8 Å². The summed E-state index contributed by atoms with van der Waals surface area (Å²) in [4.78, 5) is 26.9. The fraction of sp³-hybridized carbons (Fsp3) is 0.500. The number of phenols is 1. The fourth-order valence-electron chi connectivity index (χ4n) is 5.77. The van der Waals surface area contributed by atoms with Crippen LogP contribution in [0.2, 0.25) is 0 Å². The molecular weight excluding hydrogens is 494 g/mol. The van der Waals surface area contributed by atoms with Crippen molar-refractivity contribution in [3.63, 3.8) is 0 Å². The molecule has 2 saturated heterocycles. The molecule has 0 saturated carbocycles. The van der Waals surface area contributed by atoms with E-state index in [-0.39, 0.29) is 23.2 Å². The highest BCUT2D eigenvalue weighted by Crippen LogP contribution is 2.40. The molecule has 2 aromatic carbocycles. The quantitative estimate of drug-likeness (QED) is 0.356. The predicted octanol–water partition coefficient (Wildman–Crippen LogP) is 1.32. The molecule has 2 aliphatic heterocycles. The zero-order valence-electron chi connectivity index (χ0n) is 20.8. The van der Waals surface area contributed by atoms with Crippen molar-refractivity contribution >= 4 is 11.8 Å². The average Bonchev–Trinajstić information content (AvgIpc) is 3.19. The third-order valence-corrected chi connectivity index (χ3v) is 7.92. The van der Waals surface area contributed by atoms with E-state index in [4.69, 9.17) is 9.47 Å². The number of carboxylic acids is 1. The van der Waals surface area contributed by atoms with Crippen molar-refractivity contribution in [2.75, 3.05) is 13.1 Å². The van der Waals surface area contributed by atoms with Gasteiger partial charge >= 0.3 is 5.97 Å². The normalized spacial score (nSPS) is 30.2. The number of hydrogen-bond donors (Lipinski definition) is 5. The third-order valence-electron chi connectivity index (χ3n) is 7.92. The highest BCUT2D eigenvalue weighted by molar-refractivity contribution is 6.02. The lowest BCUT2D eigenvalue weighted by Gasteiger charge is -2.38. The van der Waals surface area contributed by atoms with Crippen LogP contribution in [0.15, 0.2) is 42.5 Å². The van der Waals surface area contributed by atoms with Crippen molar-refractivity contribution < 1.29 is 44.6 Å². The van der Waals surface area contributed by atoms with E-state index >= 15 is 0 Å². The first-order chi connectivity index (χ1) is 18.2. The van der Waals surface area contributed by atoms with Crippen LogP contribution in [0.4, 0.5) is 0 Å². The molecule has 10 nitrogen and oxygen atoms in total. The second-order valence-corrected chi connectivity index (χ2v) is 10.5. The topological polar surface area (TPSA) is 157 Å². The summed E-state index contributed by atoms with van der Waals surface area (Å²) in [6.45, 7) is 2.88. The van der Waals surface area contributed by atoms with E-state index in [0.29, 0.717) is 23.5 Å². The van der Waals surface area contributed by atoms with Gasteiger partial charge in [-0.3, -0.25) is 9.69 Å². The van der Waals surface area contributed by atoms with Gasteiger partial charge in [-0.2, -0.15) is 0 Å². The molecule has 1 unspecified atom stereocenters. The number of ether oxygens (including phenoxy) is 2. The standard InChI is InChI=1S/C28H33NO9/c30-20-13-19-17(12-21(20)37-28-25(34)23(32)24(33)26(38-28)27(35)36)11-18(22(19)31)10-15-6-8-29(9-7-15)14-16-4-2-1-3-5-16/h1-5,12-13,15,18,23-26,28,30,32-34H,6-11,14H2,(H,35,36)/t18?,23-,24-,25+,26-,28+/m0/s1. The molecule has 0 spiro atoms. The van der Waals surface area contributed by atoms with Crippen molar-refractivity contribution in [1.29, 1.82) is 0 Å². The Kier molecular flexibility index (Phi) is 7.69. The summed E-state index contributed by atoms with van der Waals surface area (Å²) in [5, 5.41) is 49.8. The van der Waals surface area contributed by atoms with Crippen molar-refractivity contribution in [3.8, 4) is 11.5 Å². The maximum atomic E-state index is 13.1. The number of carboxylic acid groups (broad SMARTS) is 1. The maximum Gasteiger partial charge on any atom is 0.335 e. The largest absolute Gasteiger partial charge is 0.504 e. The van der Waals surface area contributed by atoms with Gasteiger partial charge in [0, 0.05) is 18.0 Å². The summed E-state index contributed by atoms with van der Waals surface area (Å²) in [5.74, 6) is -1.79. The van der Waals surface area contributed by atoms with Gasteiger partial charge in [0.2, 0.25) is 6.29 Å². The molecule has 38 heavy (non-hydrogen) atoms. The van der Waals surface area contributed by atoms with Crippen molar-refractivity contribution in [3.05, 3.63) is 59.2 Å². The number of aliphatic hydroxyl groups excluding tert-OH is 3. The highest BCUT2D eigenvalue weighted by atomic mass is 16.7. The highest BCUT2D eigenvalue weighted by Gasteiger charge is 2.48. The molecule has 2 heterocycles. The van der Waals surface area contributed by atoms with Crippen molar-refractivity contribution in [1.82, 2.24) is 4.90 Å². The van der Waals surface area contributed by atoms with E-state index in [1.165, 1.54) is 17.7 Å². The van der Waals surface area contributed by atoms with Gasteiger partial charge < -0.3 is 35.0 Å². The van der Waals surface area contributed by atoms with Crippen LogP contribution in [0.3, 0.4) is 0 Å². The van der Waals surface area contributed by atoms with Crippen LogP contribution in [0.25, 0.3) is 0 Å². The Bertz CT molecular complexity index is 1160. The zero-order chi connectivity index (χ0) is 27.0. The lowest BCUT2D eigenvalue weighted by Crippen LogP contribution is -2.61. The Labute approximate surface area is 220 Å². The summed E-state index contributed by atoms with van der Waals surface area (Å²) in [5.41, 5.74) is 2.40. The number of benzene rings is 2. The number of carbonyl (C=O) groups is 2. The van der Waals surface area contributed by atoms with Gasteiger partial charge in [0.05, 0.1) is 0 Å². The van der Waals surface area contributed by atoms with Gasteiger partial charge in [0.15, 0.2) is 23.4 Å². The number of likely N-dealkylation sites (tertiary alicyclic amines) is 1. The number of piperidine rings is 1. The van der Waals surface area contributed by atoms with Gasteiger partial charge in [0.1, 0.15) is 18.3 Å². The minimum Gasteiger partial charge on any atom is -0.504 e. The van der Waals surface area contributed by atoms with Crippen LogP contribution in [0.5, 0.6) is 11.5 Å². The molecule has 5 N–H and O–H groups in total. The molecule has 2 aromatic rings. The minimum absolute atomic E-state index is 0.0213. The Balaban J connectivity index is 1.20. The number of hydrogen-bond acceptors (Lipinski definition) is 9. The molecule has 1 aliphatic carbocycles. The summed E-state index contributed by atoms with van der Waals surface area (Å²) >= 11 is 0. The summed E-state index contributed by atoms with van der Waals surface area (Å²) in [6.07, 6.45) is -5.61. The van der Waals surface area contributed by atoms with Crippen LogP contribution in [-0.2, 0) is 22.5 Å². The van der Waals surface area contributed by atoms with Gasteiger partial charge in [0.25, 0.3) is 0 Å². The number of ketones is 1. The lowest BCUT2D eigenvalue weighted by molar-refractivity contribution is -0.271. The maximum absolute atomic E-state index is 13.1. The van der Waals surface area contributed by atoms with Gasteiger partial charge in [-0.05, 0) is 68.0 Å². The van der Waals surface area contributed by atoms with Crippen molar-refractivity contribution in [2.24, 2.45) is 11.8 Å². The van der Waals surface area contributed by atoms with E-state index in [1.807, 2.05) is 18.2 Å².